The van der Waals surface area contributed by atoms with Crippen LogP contribution in [0.25, 0.3) is 0 Å². The van der Waals surface area contributed by atoms with Gasteiger partial charge in [-0.05, 0) is 26.0 Å². The molecule has 12 heavy (non-hydrogen) atoms. The smallest absolute Gasteiger partial charge is 0.112 e. The topological polar surface area (TPSA) is 20.2 Å². The van der Waals surface area contributed by atoms with Gasteiger partial charge in [0, 0.05) is 5.56 Å². The Kier molecular flexibility index (Phi) is 2.90. The van der Waals surface area contributed by atoms with Gasteiger partial charge in [0.15, 0.2) is 0 Å². The van der Waals surface area contributed by atoms with Crippen molar-refractivity contribution in [3.05, 3.63) is 35.4 Å². The highest BCUT2D eigenvalue weighted by Crippen LogP contribution is 2.00. The van der Waals surface area contributed by atoms with E-state index in [0.29, 0.717) is 0 Å². The lowest BCUT2D eigenvalue weighted by Gasteiger charge is -1.92. The van der Waals surface area contributed by atoms with Crippen LogP contribution >= 0.6 is 0 Å². The van der Waals surface area contributed by atoms with E-state index in [1.807, 2.05) is 31.2 Å². The van der Waals surface area contributed by atoms with Gasteiger partial charge in [-0.2, -0.15) is 0 Å². The normalized spacial score (nSPS) is 11.6. The quantitative estimate of drug-likeness (QED) is 0.573. The molecule has 1 rings (SSSR count). The molecule has 1 atom stereocenters. The first-order chi connectivity index (χ1) is 5.68. The van der Waals surface area contributed by atoms with Crippen LogP contribution in [0, 0.1) is 18.8 Å². The maximum atomic E-state index is 8.89. The molecule has 0 aliphatic rings. The standard InChI is InChI=1S/C11H12O/c1-9-3-6-11(7-4-9)8-5-10(2)12/h3-4,6-7,10,12H,1-2H3/t10-/m1/s1. The van der Waals surface area contributed by atoms with Crippen LogP contribution in [0.3, 0.4) is 0 Å². The second-order valence-electron chi connectivity index (χ2n) is 2.81. The second-order valence-corrected chi connectivity index (χ2v) is 2.81. The Bertz CT molecular complexity index is 298. The fourth-order valence-corrected chi connectivity index (χ4v) is 0.825. The Morgan fingerprint density at radius 2 is 1.83 bits per heavy atom. The summed E-state index contributed by atoms with van der Waals surface area (Å²) in [6, 6.07) is 7.91. The monoisotopic (exact) mass is 160 g/mol. The Morgan fingerprint density at radius 1 is 1.25 bits per heavy atom. The van der Waals surface area contributed by atoms with Crippen LogP contribution in [0.1, 0.15) is 18.1 Å². The van der Waals surface area contributed by atoms with Crippen molar-refractivity contribution in [3.63, 3.8) is 0 Å². The summed E-state index contributed by atoms with van der Waals surface area (Å²) < 4.78 is 0. The van der Waals surface area contributed by atoms with Gasteiger partial charge in [0.1, 0.15) is 6.10 Å². The van der Waals surface area contributed by atoms with E-state index in [9.17, 15) is 0 Å². The van der Waals surface area contributed by atoms with Crippen LogP contribution in [0.2, 0.25) is 0 Å². The van der Waals surface area contributed by atoms with Crippen molar-refractivity contribution in [3.8, 4) is 11.8 Å². The summed E-state index contributed by atoms with van der Waals surface area (Å²) in [4.78, 5) is 0. The van der Waals surface area contributed by atoms with Gasteiger partial charge in [0.05, 0.1) is 0 Å². The summed E-state index contributed by atoms with van der Waals surface area (Å²) in [5.74, 6) is 5.56. The molecule has 1 heteroatoms. The molecule has 0 saturated carbocycles. The average Bonchev–Trinajstić information content (AvgIpc) is 2.03. The van der Waals surface area contributed by atoms with E-state index in [1.54, 1.807) is 6.92 Å². The maximum Gasteiger partial charge on any atom is 0.112 e. The van der Waals surface area contributed by atoms with Gasteiger partial charge in [-0.3, -0.25) is 0 Å². The number of hydrogen-bond acceptors (Lipinski definition) is 1. The summed E-state index contributed by atoms with van der Waals surface area (Å²) >= 11 is 0. The Balaban J connectivity index is 2.79. The SMILES string of the molecule is Cc1ccc(C#C[C@@H](C)O)cc1. The number of aliphatic hydroxyl groups is 1. The van der Waals surface area contributed by atoms with Gasteiger partial charge in [-0.25, -0.2) is 0 Å². The molecule has 0 fully saturated rings. The third kappa shape index (κ3) is 2.77. The van der Waals surface area contributed by atoms with Crippen molar-refractivity contribution in [1.29, 1.82) is 0 Å². The zero-order valence-corrected chi connectivity index (χ0v) is 7.33. The van der Waals surface area contributed by atoms with Crippen LogP contribution in [0.4, 0.5) is 0 Å². The maximum absolute atomic E-state index is 8.89. The minimum atomic E-state index is -0.550. The first kappa shape index (κ1) is 8.83. The summed E-state index contributed by atoms with van der Waals surface area (Å²) in [5, 5.41) is 8.89. The van der Waals surface area contributed by atoms with E-state index in [4.69, 9.17) is 5.11 Å². The van der Waals surface area contributed by atoms with Gasteiger partial charge in [-0.15, -0.1) is 0 Å². The zero-order valence-electron chi connectivity index (χ0n) is 7.33. The predicted octanol–water partition coefficient (Wildman–Crippen LogP) is 1.73. The van der Waals surface area contributed by atoms with Crippen molar-refractivity contribution in [2.24, 2.45) is 0 Å². The van der Waals surface area contributed by atoms with Crippen LogP contribution in [0.15, 0.2) is 24.3 Å². The van der Waals surface area contributed by atoms with E-state index in [0.717, 1.165) is 5.56 Å². The van der Waals surface area contributed by atoms with Crippen LogP contribution < -0.4 is 0 Å². The van der Waals surface area contributed by atoms with Gasteiger partial charge in [0.2, 0.25) is 0 Å². The molecule has 0 unspecified atom stereocenters. The van der Waals surface area contributed by atoms with Crippen molar-refractivity contribution in [2.75, 3.05) is 0 Å². The van der Waals surface area contributed by atoms with E-state index < -0.39 is 6.10 Å². The molecular formula is C11H12O. The fourth-order valence-electron chi connectivity index (χ4n) is 0.825. The Labute approximate surface area is 73.0 Å². The van der Waals surface area contributed by atoms with Crippen LogP contribution in [-0.4, -0.2) is 11.2 Å². The number of aliphatic hydroxyl groups excluding tert-OH is 1. The lowest BCUT2D eigenvalue weighted by Crippen LogP contribution is -1.92. The first-order valence-electron chi connectivity index (χ1n) is 3.95. The third-order valence-electron chi connectivity index (χ3n) is 1.48. The molecule has 1 aromatic carbocycles. The van der Waals surface area contributed by atoms with E-state index in [-0.39, 0.29) is 0 Å². The molecule has 1 aromatic rings. The number of benzene rings is 1. The molecule has 0 amide bonds. The van der Waals surface area contributed by atoms with E-state index in [1.165, 1.54) is 5.56 Å². The number of aryl methyl sites for hydroxylation is 1. The number of hydrogen-bond donors (Lipinski definition) is 1. The summed E-state index contributed by atoms with van der Waals surface area (Å²) in [6.07, 6.45) is -0.550. The van der Waals surface area contributed by atoms with Gasteiger partial charge in [0.25, 0.3) is 0 Å². The molecule has 0 bridgehead atoms. The van der Waals surface area contributed by atoms with Crippen LogP contribution in [0.5, 0.6) is 0 Å². The molecular weight excluding hydrogens is 148 g/mol. The van der Waals surface area contributed by atoms with Gasteiger partial charge < -0.3 is 5.11 Å². The largest absolute Gasteiger partial charge is 0.381 e. The highest BCUT2D eigenvalue weighted by Gasteiger charge is 1.87. The molecule has 0 heterocycles. The molecule has 0 aliphatic heterocycles. The molecule has 0 spiro atoms. The molecule has 0 aliphatic carbocycles. The molecule has 0 radical (unpaired) electrons. The van der Waals surface area contributed by atoms with Crippen molar-refractivity contribution >= 4 is 0 Å². The molecule has 1 nitrogen and oxygen atoms in total. The van der Waals surface area contributed by atoms with Crippen molar-refractivity contribution < 1.29 is 5.11 Å². The molecule has 0 saturated heterocycles. The predicted molar refractivity (Wildman–Crippen MR) is 49.7 cm³/mol. The minimum absolute atomic E-state index is 0.550. The average molecular weight is 160 g/mol. The lowest BCUT2D eigenvalue weighted by molar-refractivity contribution is 0.253. The molecule has 62 valence electrons. The van der Waals surface area contributed by atoms with Gasteiger partial charge in [-0.1, -0.05) is 29.5 Å². The highest BCUT2D eigenvalue weighted by molar-refractivity contribution is 5.36. The third-order valence-corrected chi connectivity index (χ3v) is 1.48. The Hall–Kier alpha value is -1.26. The zero-order chi connectivity index (χ0) is 8.97. The molecule has 1 N–H and O–H groups in total. The van der Waals surface area contributed by atoms with Crippen molar-refractivity contribution in [2.45, 2.75) is 20.0 Å². The minimum Gasteiger partial charge on any atom is -0.381 e. The molecule has 0 aromatic heterocycles. The van der Waals surface area contributed by atoms with Gasteiger partial charge >= 0.3 is 0 Å². The van der Waals surface area contributed by atoms with Crippen molar-refractivity contribution in [1.82, 2.24) is 0 Å². The second kappa shape index (κ2) is 3.94. The number of rotatable bonds is 0. The highest BCUT2D eigenvalue weighted by atomic mass is 16.3. The summed E-state index contributed by atoms with van der Waals surface area (Å²) in [5.41, 5.74) is 2.17. The summed E-state index contributed by atoms with van der Waals surface area (Å²) in [6.45, 7) is 3.69. The first-order valence-corrected chi connectivity index (χ1v) is 3.95. The van der Waals surface area contributed by atoms with Crippen LogP contribution in [-0.2, 0) is 0 Å². The fraction of sp³-hybridized carbons (Fsp3) is 0.273. The van der Waals surface area contributed by atoms with E-state index in [2.05, 4.69) is 11.8 Å². The summed E-state index contributed by atoms with van der Waals surface area (Å²) in [7, 11) is 0. The Morgan fingerprint density at radius 3 is 2.33 bits per heavy atom. The lowest BCUT2D eigenvalue weighted by atomic mass is 10.1. The van der Waals surface area contributed by atoms with E-state index >= 15 is 0 Å².